The van der Waals surface area contributed by atoms with E-state index in [-0.39, 0.29) is 138 Å². The van der Waals surface area contributed by atoms with Crippen LogP contribution in [-0.4, -0.2) is 249 Å². The minimum Gasteiger partial charge on any atom is -0.508 e. The molecular weight excluding hydrogens is 1940 g/mol. The summed E-state index contributed by atoms with van der Waals surface area (Å²) in [5.41, 5.74) is 17.6. The molecule has 12 rings (SSSR count). The minimum absolute atomic E-state index is 0.0134. The number of nitrogens with one attached hydrogen (secondary N) is 12. The van der Waals surface area contributed by atoms with Crippen LogP contribution in [0.1, 0.15) is 174 Å². The first kappa shape index (κ1) is 113. The van der Waals surface area contributed by atoms with Crippen molar-refractivity contribution in [3.05, 3.63) is 224 Å². The standard InChI is InChI=1S/C108H140Cl2N20O18/c1-66(2)56-87(97(136)120-86(20-14-48-115-106(112)113)104(143)129-49-15-21-94(129)103(142)117-68(4)95(111)134)121-96(135)85(19-9-12-47-116-107(145)148-65-83-81-40-42-84-93(43-41-82(81)83)130(127-126-84)51-53-147-55-54-146-52-50-128(63-72-24-22-67(3)23-25-72)105(144)108(44-10-6-11-45-108)77-32-36-79(110)37-33-77)119-99(138)89(59-71-29-38-80(133)39-30-71)124-102(141)92(64-131)125-101(140)91(61-74-16-13-46-114-62-74)123-100(139)90(58-70-27-34-78(109)35-28-70)122-98(137)88(118-69(5)132)60-73-26-31-75-17-7-8-18-76(75)57-73/h7-8,13,16-18,22-39,46,57,62,66,68,81-83,85-92,94,131,133H,6,9-12,14-15,19-21,40-45,47-56,58-61,63-65H2,1-5H3,(H2,111,134)(H,116,145)(H,117,142)(H,118,132)(H,119,138)(H,120,136)(H,121,135)(H,122,137)(H,123,139)(H,124,141)(H,125,140)(H4,112,113,115)/t68-,81-,82+,83+,85-,86+,87+,88-,89+,90-,91-,92+,94+/m1/s1. The van der Waals surface area contributed by atoms with Gasteiger partial charge in [0.15, 0.2) is 5.96 Å². The average molecular weight is 2080 g/mol. The predicted molar refractivity (Wildman–Crippen MR) is 556 cm³/mol. The number of nitrogens with zero attached hydrogens (tertiary/aromatic N) is 6. The summed E-state index contributed by atoms with van der Waals surface area (Å²) in [4.78, 5) is 195. The zero-order chi connectivity index (χ0) is 106. The topological polar surface area (TPSA) is 548 Å². The lowest BCUT2D eigenvalue weighted by molar-refractivity contribution is -0.142. The molecule has 8 aromatic rings. The van der Waals surface area contributed by atoms with Crippen LogP contribution in [0.2, 0.25) is 10.0 Å². The van der Waals surface area contributed by atoms with Crippen LogP contribution in [0.25, 0.3) is 10.8 Å². The third kappa shape index (κ3) is 33.7. The SMILES string of the molecule is CC(=O)N[C@H](Cc1ccc2ccccc2c1)C(=O)N[C@H](Cc1ccc(Cl)cc1)C(=O)N[C@H](Cc1cccnc1)C(=O)N[C@@H](CO)C(=O)N[C@@H](Cc1ccc(O)cc1)C(=O)N[C@H](CCCCNC(=O)OC[C@H]1[C@@H]2CCc3nnn(CCOCCOCCN(Cc4ccc(C)cc4)C(=O)C4(c5ccc(Cl)cc5)CCCCC4)c3CC[C@@H]21)C(=O)N[C@@H](CC(C)C)C(=O)N[C@@H](CCCNC(=N)N)C(=O)N1CCC[C@H]1C(=O)N[C@H](C)C(N)=O. The normalized spacial score (nSPS) is 17.4. The summed E-state index contributed by atoms with van der Waals surface area (Å²) in [6.07, 6.45) is 9.85. The number of carbonyl (C=O) groups excluding carboxylic acids is 13. The number of nitrogens with two attached hydrogens (primary N) is 2. The molecule has 0 bridgehead atoms. The van der Waals surface area contributed by atoms with E-state index in [2.05, 4.69) is 98.0 Å². The highest BCUT2D eigenvalue weighted by atomic mass is 35.5. The molecule has 6 aromatic carbocycles. The lowest BCUT2D eigenvalue weighted by atomic mass is 9.68. The fourth-order valence-corrected chi connectivity index (χ4v) is 20.0. The number of hydrogen-bond donors (Lipinski definition) is 16. The molecule has 2 aromatic heterocycles. The minimum atomic E-state index is -1.88. The molecule has 13 amide bonds. The van der Waals surface area contributed by atoms with Gasteiger partial charge >= 0.3 is 6.09 Å². The highest BCUT2D eigenvalue weighted by molar-refractivity contribution is 6.31. The molecule has 0 radical (unpaired) electrons. The van der Waals surface area contributed by atoms with Crippen molar-refractivity contribution >= 4 is 117 Å². The van der Waals surface area contributed by atoms with E-state index in [4.69, 9.17) is 54.3 Å². The molecule has 0 unspecified atom stereocenters. The zero-order valence-corrected chi connectivity index (χ0v) is 86.0. The van der Waals surface area contributed by atoms with Crippen molar-refractivity contribution in [1.82, 2.24) is 88.3 Å². The number of rotatable bonds is 54. The number of phenolic OH excluding ortho intramolecular Hbond substituents is 1. The lowest BCUT2D eigenvalue weighted by Crippen LogP contribution is -2.61. The number of hydrogen-bond acceptors (Lipinski definition) is 22. The van der Waals surface area contributed by atoms with E-state index in [1.54, 1.807) is 50.2 Å². The molecule has 38 nitrogen and oxygen atoms in total. The first-order valence-corrected chi connectivity index (χ1v) is 51.9. The van der Waals surface area contributed by atoms with Crippen LogP contribution in [0.3, 0.4) is 0 Å². The first-order valence-electron chi connectivity index (χ1n) is 51.1. The number of alkyl carbamates (subject to hydrolysis) is 1. The van der Waals surface area contributed by atoms with Crippen LogP contribution >= 0.6 is 23.2 Å². The fraction of sp³-hybridized carbons (Fsp3) is 0.491. The predicted octanol–water partition coefficient (Wildman–Crippen LogP) is 6.90. The molecule has 40 heteroatoms. The number of unbranched alkanes of at least 4 members (excludes halogenated alkanes) is 1. The van der Waals surface area contributed by atoms with Gasteiger partial charge in [0.1, 0.15) is 66.2 Å². The van der Waals surface area contributed by atoms with Gasteiger partial charge in [-0.25, -0.2) is 9.48 Å². The highest BCUT2D eigenvalue weighted by Gasteiger charge is 2.51. The van der Waals surface area contributed by atoms with Crippen molar-refractivity contribution in [1.29, 1.82) is 5.41 Å². The van der Waals surface area contributed by atoms with Crippen molar-refractivity contribution in [2.75, 3.05) is 65.8 Å². The number of guanidine groups is 1. The third-order valence-electron chi connectivity index (χ3n) is 27.8. The highest BCUT2D eigenvalue weighted by Crippen LogP contribution is 2.53. The van der Waals surface area contributed by atoms with Crippen LogP contribution < -0.4 is 70.0 Å². The van der Waals surface area contributed by atoms with E-state index >= 15 is 24.0 Å². The Bertz CT molecular complexity index is 5840. The number of aliphatic hydroxyl groups is 1. The van der Waals surface area contributed by atoms with Gasteiger partial charge in [-0.2, -0.15) is 0 Å². The maximum atomic E-state index is 15.4. The van der Waals surface area contributed by atoms with E-state index in [1.807, 2.05) is 83.2 Å². The number of phenols is 1. The second kappa shape index (κ2) is 55.9. The Balaban J connectivity index is 0.698. The van der Waals surface area contributed by atoms with Gasteiger partial charge in [-0.05, 0) is 214 Å². The Hall–Kier alpha value is -13.7. The van der Waals surface area contributed by atoms with Crippen molar-refractivity contribution < 1.29 is 86.8 Å². The number of halogens is 2. The summed E-state index contributed by atoms with van der Waals surface area (Å²) in [5, 5.41) is 71.2. The second-order valence-corrected chi connectivity index (χ2v) is 40.2. The van der Waals surface area contributed by atoms with Gasteiger partial charge < -0.3 is 104 Å². The summed E-state index contributed by atoms with van der Waals surface area (Å²) >= 11 is 12.6. The number of aliphatic hydroxyl groups excluding tert-OH is 1. The number of fused-ring (bicyclic) bond motifs is 3. The molecule has 794 valence electrons. The van der Waals surface area contributed by atoms with Gasteiger partial charge in [0.2, 0.25) is 70.9 Å². The van der Waals surface area contributed by atoms with E-state index in [0.717, 1.165) is 83.8 Å². The Kier molecular flexibility index (Phi) is 42.7. The molecule has 0 spiro atoms. The zero-order valence-electron chi connectivity index (χ0n) is 84.5. The molecule has 18 N–H and O–H groups in total. The molecule has 3 aliphatic carbocycles. The monoisotopic (exact) mass is 2080 g/mol. The largest absolute Gasteiger partial charge is 0.508 e. The molecule has 3 heterocycles. The van der Waals surface area contributed by atoms with Crippen LogP contribution in [0.5, 0.6) is 5.75 Å². The number of pyridine rings is 1. The summed E-state index contributed by atoms with van der Waals surface area (Å²) in [6.45, 7) is 10.2. The Morgan fingerprint density at radius 3 is 1.73 bits per heavy atom. The maximum Gasteiger partial charge on any atom is 0.407 e. The van der Waals surface area contributed by atoms with Crippen LogP contribution in [0.15, 0.2) is 164 Å². The number of benzene rings is 6. The quantitative estimate of drug-likeness (QED) is 0.0105. The molecule has 2 saturated carbocycles. The van der Waals surface area contributed by atoms with E-state index in [1.165, 1.54) is 55.4 Å². The number of amides is 13. The average Bonchev–Trinajstić information content (AvgIpc) is 1.59. The third-order valence-corrected chi connectivity index (χ3v) is 28.3. The number of aryl methyl sites for hydroxylation is 2. The van der Waals surface area contributed by atoms with Crippen molar-refractivity contribution in [3.8, 4) is 5.75 Å². The number of aromatic nitrogens is 4. The second-order valence-electron chi connectivity index (χ2n) is 39.3. The first-order chi connectivity index (χ1) is 71.2. The molecule has 4 aliphatic rings. The number of aromatic hydroxyl groups is 1. The Labute approximate surface area is 871 Å². The molecule has 1 aliphatic heterocycles. The lowest BCUT2D eigenvalue weighted by Gasteiger charge is -2.40. The van der Waals surface area contributed by atoms with E-state index in [9.17, 15) is 48.6 Å². The van der Waals surface area contributed by atoms with Gasteiger partial charge in [0.25, 0.3) is 0 Å². The summed E-state index contributed by atoms with van der Waals surface area (Å²) in [6, 6.07) is 30.3. The smallest absolute Gasteiger partial charge is 0.407 e. The molecule has 148 heavy (non-hydrogen) atoms. The molecule has 13 atom stereocenters. The van der Waals surface area contributed by atoms with Crippen LogP contribution in [-0.2, 0) is 129 Å². The summed E-state index contributed by atoms with van der Waals surface area (Å²) < 4.78 is 20.0. The van der Waals surface area contributed by atoms with Gasteiger partial charge in [-0.1, -0.05) is 176 Å². The van der Waals surface area contributed by atoms with Gasteiger partial charge in [0.05, 0.1) is 63.0 Å². The van der Waals surface area contributed by atoms with Crippen molar-refractivity contribution in [3.63, 3.8) is 0 Å². The van der Waals surface area contributed by atoms with Gasteiger partial charge in [-0.15, -0.1) is 5.10 Å². The fourth-order valence-electron chi connectivity index (χ4n) is 19.7. The number of ether oxygens (including phenoxy) is 3. The van der Waals surface area contributed by atoms with Crippen LogP contribution in [0.4, 0.5) is 4.79 Å². The van der Waals surface area contributed by atoms with E-state index in [0.29, 0.717) is 97.6 Å². The number of primary amides is 1. The van der Waals surface area contributed by atoms with Crippen LogP contribution in [0, 0.1) is 36.0 Å². The maximum absolute atomic E-state index is 15.4. The van der Waals surface area contributed by atoms with Crippen molar-refractivity contribution in [2.45, 2.75) is 248 Å². The molecular formula is C108H140Cl2N20O18. The Morgan fingerprint density at radius 1 is 0.554 bits per heavy atom. The van der Waals surface area contributed by atoms with Gasteiger partial charge in [0, 0.05) is 87.8 Å². The molecule has 1 saturated heterocycles. The van der Waals surface area contributed by atoms with E-state index < -0.39 is 144 Å². The summed E-state index contributed by atoms with van der Waals surface area (Å²) in [7, 11) is 0. The summed E-state index contributed by atoms with van der Waals surface area (Å²) in [5.74, 6) is -9.24. The number of carbonyl (C=O) groups is 13. The molecule has 3 fully saturated rings. The van der Waals surface area contributed by atoms with Gasteiger partial charge in [-0.3, -0.25) is 67.9 Å². The van der Waals surface area contributed by atoms with Crippen molar-refractivity contribution in [2.24, 2.45) is 35.1 Å². The Morgan fingerprint density at radius 2 is 1.10 bits per heavy atom. The number of likely N-dealkylation sites (tertiary alicyclic amines) is 1.